The van der Waals surface area contributed by atoms with Crippen molar-refractivity contribution in [2.45, 2.75) is 5.41 Å². The normalized spacial score (nSPS) is 13.2. The minimum atomic E-state index is -0.872. The van der Waals surface area contributed by atoms with Crippen LogP contribution in [0.1, 0.15) is 22.3 Å². The molecule has 8 nitrogen and oxygen atoms in total. The van der Waals surface area contributed by atoms with Crippen LogP contribution in [0.15, 0.2) is 152 Å². The maximum Gasteiger partial charge on any atom is 0.188 e. The lowest BCUT2D eigenvalue weighted by atomic mass is 9.65. The Labute approximate surface area is 319 Å². The Morgan fingerprint density at radius 3 is 1.91 bits per heavy atom. The molecule has 2 aliphatic rings. The highest BCUT2D eigenvalue weighted by Gasteiger charge is 2.54. The molecular formula is C48H25N7O. The Morgan fingerprint density at radius 1 is 0.518 bits per heavy atom. The maximum absolute atomic E-state index is 7.79. The van der Waals surface area contributed by atoms with E-state index in [0.717, 1.165) is 94.4 Å². The van der Waals surface area contributed by atoms with Crippen LogP contribution in [0, 0.1) is 13.1 Å². The van der Waals surface area contributed by atoms with E-state index >= 15 is 0 Å². The molecule has 0 bridgehead atoms. The summed E-state index contributed by atoms with van der Waals surface area (Å²) in [7, 11) is 0. The zero-order valence-corrected chi connectivity index (χ0v) is 29.5. The number of hydrogen-bond acceptors (Lipinski definition) is 4. The topological polar surface area (TPSA) is 66.5 Å². The molecule has 0 unspecified atom stereocenters. The molecule has 1 aliphatic heterocycles. The van der Waals surface area contributed by atoms with Gasteiger partial charge in [0.15, 0.2) is 11.4 Å². The summed E-state index contributed by atoms with van der Waals surface area (Å²) >= 11 is 0. The fourth-order valence-corrected chi connectivity index (χ4v) is 9.46. The van der Waals surface area contributed by atoms with E-state index in [1.54, 1.807) is 0 Å². The van der Waals surface area contributed by atoms with Gasteiger partial charge in [-0.05, 0) is 88.6 Å². The lowest BCUT2D eigenvalue weighted by molar-refractivity contribution is 0.435. The summed E-state index contributed by atoms with van der Waals surface area (Å²) in [5, 5.41) is 4.10. The van der Waals surface area contributed by atoms with Crippen molar-refractivity contribution in [2.75, 3.05) is 0 Å². The van der Waals surface area contributed by atoms with E-state index in [4.69, 9.17) is 27.8 Å². The van der Waals surface area contributed by atoms with Gasteiger partial charge in [-0.1, -0.05) is 54.6 Å². The Bertz CT molecular complexity index is 3280. The lowest BCUT2D eigenvalue weighted by Gasteiger charge is -2.40. The number of para-hydroxylation sites is 1. The summed E-state index contributed by atoms with van der Waals surface area (Å²) in [6.07, 6.45) is 7.43. The van der Waals surface area contributed by atoms with Crippen molar-refractivity contribution in [1.82, 2.24) is 24.1 Å². The molecule has 56 heavy (non-hydrogen) atoms. The molecule has 0 amide bonds. The first-order valence-electron chi connectivity index (χ1n) is 18.2. The average Bonchev–Trinajstić information content (AvgIpc) is 3.87. The second kappa shape index (κ2) is 11.0. The molecule has 0 saturated carbocycles. The second-order valence-electron chi connectivity index (χ2n) is 14.2. The van der Waals surface area contributed by atoms with Crippen LogP contribution in [0.4, 0.5) is 11.4 Å². The van der Waals surface area contributed by atoms with Crippen molar-refractivity contribution < 1.29 is 4.74 Å². The van der Waals surface area contributed by atoms with E-state index in [0.29, 0.717) is 17.1 Å². The number of hydrogen-bond donors (Lipinski definition) is 0. The zero-order valence-electron chi connectivity index (χ0n) is 29.5. The molecule has 0 N–H and O–H groups in total. The molecule has 5 aromatic heterocycles. The zero-order chi connectivity index (χ0) is 37.1. The quantitative estimate of drug-likeness (QED) is 0.167. The van der Waals surface area contributed by atoms with Crippen molar-refractivity contribution in [3.05, 3.63) is 197 Å². The highest BCUT2D eigenvalue weighted by atomic mass is 16.5. The Hall–Kier alpha value is -8.07. The second-order valence-corrected chi connectivity index (χ2v) is 14.2. The van der Waals surface area contributed by atoms with Crippen LogP contribution >= 0.6 is 0 Å². The summed E-state index contributed by atoms with van der Waals surface area (Å²) < 4.78 is 11.6. The van der Waals surface area contributed by atoms with Crippen molar-refractivity contribution in [1.29, 1.82) is 0 Å². The van der Waals surface area contributed by atoms with Gasteiger partial charge in [0, 0.05) is 52.2 Å². The number of fused-ring (bicyclic) bond motifs is 15. The first-order chi connectivity index (χ1) is 27.7. The van der Waals surface area contributed by atoms with Gasteiger partial charge in [-0.3, -0.25) is 15.0 Å². The van der Waals surface area contributed by atoms with Crippen LogP contribution < -0.4 is 4.74 Å². The molecule has 8 heteroatoms. The van der Waals surface area contributed by atoms with Crippen LogP contribution in [-0.2, 0) is 5.41 Å². The third kappa shape index (κ3) is 3.76. The lowest BCUT2D eigenvalue weighted by Crippen LogP contribution is -2.33. The van der Waals surface area contributed by atoms with E-state index in [1.165, 1.54) is 0 Å². The molecular weight excluding hydrogens is 691 g/mol. The highest BCUT2D eigenvalue weighted by molar-refractivity contribution is 6.12. The van der Waals surface area contributed by atoms with E-state index in [2.05, 4.69) is 90.5 Å². The third-order valence-corrected chi connectivity index (χ3v) is 11.6. The monoisotopic (exact) mass is 715 g/mol. The predicted molar refractivity (Wildman–Crippen MR) is 218 cm³/mol. The number of rotatable bonds is 2. The van der Waals surface area contributed by atoms with Gasteiger partial charge < -0.3 is 13.9 Å². The average molecular weight is 716 g/mol. The summed E-state index contributed by atoms with van der Waals surface area (Å²) in [5.41, 5.74) is 11.7. The number of aromatic nitrogens is 5. The van der Waals surface area contributed by atoms with Crippen LogP contribution in [-0.4, -0.2) is 24.1 Å². The Kier molecular flexibility index (Phi) is 5.96. The van der Waals surface area contributed by atoms with Crippen LogP contribution in [0.2, 0.25) is 0 Å². The molecule has 1 aliphatic carbocycles. The molecule has 1 spiro atoms. The minimum Gasteiger partial charge on any atom is -0.457 e. The van der Waals surface area contributed by atoms with Gasteiger partial charge in [0.1, 0.15) is 11.5 Å². The van der Waals surface area contributed by atoms with E-state index in [-0.39, 0.29) is 0 Å². The molecule has 12 rings (SSSR count). The minimum absolute atomic E-state index is 0.541. The van der Waals surface area contributed by atoms with Crippen LogP contribution in [0.25, 0.3) is 76.1 Å². The van der Waals surface area contributed by atoms with Gasteiger partial charge in [-0.15, -0.1) is 0 Å². The van der Waals surface area contributed by atoms with E-state index in [1.807, 2.05) is 85.5 Å². The van der Waals surface area contributed by atoms with E-state index < -0.39 is 5.41 Å². The number of benzene rings is 5. The molecule has 6 heterocycles. The molecule has 5 aromatic carbocycles. The number of pyridine rings is 3. The van der Waals surface area contributed by atoms with Gasteiger partial charge in [-0.25, -0.2) is 9.69 Å². The highest BCUT2D eigenvalue weighted by Crippen LogP contribution is 2.63. The van der Waals surface area contributed by atoms with E-state index in [9.17, 15) is 0 Å². The molecule has 0 atom stereocenters. The van der Waals surface area contributed by atoms with Gasteiger partial charge >= 0.3 is 0 Å². The maximum atomic E-state index is 7.79. The molecule has 0 fully saturated rings. The summed E-state index contributed by atoms with van der Waals surface area (Å²) in [6.45, 7) is 15.6. The Morgan fingerprint density at radius 2 is 1.20 bits per heavy atom. The predicted octanol–water partition coefficient (Wildman–Crippen LogP) is 11.6. The largest absolute Gasteiger partial charge is 0.457 e. The van der Waals surface area contributed by atoms with Gasteiger partial charge in [0.2, 0.25) is 0 Å². The fourth-order valence-electron chi connectivity index (χ4n) is 9.46. The fraction of sp³-hybridized carbons (Fsp3) is 0.0208. The standard InChI is InChI=1S/C48H25N7O/c1-49-28-14-18-39-33(24-28)34-25-29(50-2)15-19-40(34)55(39)41-12-5-13-43-45(41)48(36-9-6-21-52-46(36)47-37(48)10-7-22-53-47)35-17-16-30(26-44(35)56-43)54-38-11-4-3-8-31(38)32-20-23-51-27-42(32)54/h3-27H. The SMILES string of the molecule is [C-]#[N+]c1ccc2c(c1)c1cc([N+]#[C-])ccc1n2-c1cccc2c1C1(c3ccc(-n4c5ccccc5c5ccncc54)cc3O2)c2cccnc2-c2ncccc21. The van der Waals surface area contributed by atoms with Gasteiger partial charge in [-0.2, -0.15) is 0 Å². The third-order valence-electron chi connectivity index (χ3n) is 11.6. The smallest absolute Gasteiger partial charge is 0.188 e. The molecule has 0 radical (unpaired) electrons. The van der Waals surface area contributed by atoms with Crippen LogP contribution in [0.5, 0.6) is 11.5 Å². The summed E-state index contributed by atoms with van der Waals surface area (Å²) in [6, 6.07) is 43.2. The number of ether oxygens (including phenoxy) is 1. The molecule has 10 aromatic rings. The summed E-state index contributed by atoms with van der Waals surface area (Å²) in [4.78, 5) is 22.0. The van der Waals surface area contributed by atoms with Gasteiger partial charge in [0.05, 0.1) is 63.9 Å². The van der Waals surface area contributed by atoms with Crippen molar-refractivity contribution >= 4 is 55.0 Å². The van der Waals surface area contributed by atoms with Gasteiger partial charge in [0.25, 0.3) is 0 Å². The summed E-state index contributed by atoms with van der Waals surface area (Å²) in [5.74, 6) is 1.45. The van der Waals surface area contributed by atoms with Crippen molar-refractivity contribution in [3.63, 3.8) is 0 Å². The Balaban J connectivity index is 1.20. The van der Waals surface area contributed by atoms with Crippen molar-refractivity contribution in [2.24, 2.45) is 0 Å². The molecule has 0 saturated heterocycles. The first kappa shape index (κ1) is 30.4. The van der Waals surface area contributed by atoms with Crippen LogP contribution in [0.3, 0.4) is 0 Å². The number of nitrogens with zero attached hydrogens (tertiary/aromatic N) is 7. The van der Waals surface area contributed by atoms with Crippen molar-refractivity contribution in [3.8, 4) is 34.3 Å². The molecule has 258 valence electrons. The first-order valence-corrected chi connectivity index (χ1v) is 18.2.